The summed E-state index contributed by atoms with van der Waals surface area (Å²) in [5.74, 6) is 0.489. The van der Waals surface area contributed by atoms with E-state index < -0.39 is 6.04 Å². The summed E-state index contributed by atoms with van der Waals surface area (Å²) in [6, 6.07) is 20.1. The zero-order valence-electron chi connectivity index (χ0n) is 18.9. The third-order valence-corrected chi connectivity index (χ3v) is 6.17. The molecule has 0 bridgehead atoms. The van der Waals surface area contributed by atoms with Crippen molar-refractivity contribution in [3.63, 3.8) is 0 Å². The van der Waals surface area contributed by atoms with Gasteiger partial charge in [-0.25, -0.2) is 0 Å². The van der Waals surface area contributed by atoms with Crippen LogP contribution < -0.4 is 15.1 Å². The standard InChI is InChI=1S/C28H25NO4/c1-4-13-32-21-12-8-9-19(16-21)25-24-26(30)22-14-17(2)18(3)15-23(22)33-27(24)28(31)29(25)20-10-6-5-7-11-20/h5-12,14-16,25H,4,13H2,1-3H3. The first-order valence-electron chi connectivity index (χ1n) is 11.2. The molecular formula is C28H25NO4. The van der Waals surface area contributed by atoms with Crippen LogP contribution in [-0.4, -0.2) is 12.5 Å². The largest absolute Gasteiger partial charge is 0.494 e. The van der Waals surface area contributed by atoms with E-state index in [1.165, 1.54) is 0 Å². The Hall–Kier alpha value is -3.86. The van der Waals surface area contributed by atoms with Crippen LogP contribution in [0.4, 0.5) is 5.69 Å². The predicted molar refractivity (Wildman–Crippen MR) is 129 cm³/mol. The lowest BCUT2D eigenvalue weighted by atomic mass is 9.97. The van der Waals surface area contributed by atoms with Crippen molar-refractivity contribution in [2.45, 2.75) is 33.2 Å². The first-order valence-corrected chi connectivity index (χ1v) is 11.2. The van der Waals surface area contributed by atoms with Crippen LogP contribution in [0, 0.1) is 13.8 Å². The van der Waals surface area contributed by atoms with Crippen LogP contribution in [0.5, 0.6) is 5.75 Å². The summed E-state index contributed by atoms with van der Waals surface area (Å²) in [5.41, 5.74) is 4.14. The van der Waals surface area contributed by atoms with Crippen LogP contribution in [0.15, 0.2) is 75.9 Å². The molecule has 1 aromatic heterocycles. The van der Waals surface area contributed by atoms with Gasteiger partial charge in [0.25, 0.3) is 5.91 Å². The van der Waals surface area contributed by atoms with Crippen LogP contribution in [0.3, 0.4) is 0 Å². The topological polar surface area (TPSA) is 59.8 Å². The van der Waals surface area contributed by atoms with Crippen molar-refractivity contribution in [3.8, 4) is 5.75 Å². The molecule has 0 saturated carbocycles. The number of nitrogens with zero attached hydrogens (tertiary/aromatic N) is 1. The Kier molecular flexibility index (Phi) is 5.25. The number of rotatable bonds is 5. The third kappa shape index (κ3) is 3.50. The van der Waals surface area contributed by atoms with Crippen molar-refractivity contribution < 1.29 is 13.9 Å². The van der Waals surface area contributed by atoms with Gasteiger partial charge in [-0.1, -0.05) is 37.3 Å². The molecule has 33 heavy (non-hydrogen) atoms. The molecule has 1 atom stereocenters. The van der Waals surface area contributed by atoms with Crippen LogP contribution in [0.2, 0.25) is 0 Å². The minimum absolute atomic E-state index is 0.101. The zero-order valence-corrected chi connectivity index (χ0v) is 18.9. The van der Waals surface area contributed by atoms with Gasteiger partial charge in [-0.3, -0.25) is 14.5 Å². The van der Waals surface area contributed by atoms with Gasteiger partial charge in [0.1, 0.15) is 11.3 Å². The number of carbonyl (C=O) groups excluding carboxylic acids is 1. The lowest BCUT2D eigenvalue weighted by Gasteiger charge is -2.25. The summed E-state index contributed by atoms with van der Waals surface area (Å²) in [4.78, 5) is 29.1. The van der Waals surface area contributed by atoms with Crippen molar-refractivity contribution in [2.24, 2.45) is 0 Å². The average Bonchev–Trinajstić information content (AvgIpc) is 3.12. The Bertz CT molecular complexity index is 1420. The van der Waals surface area contributed by atoms with E-state index in [0.29, 0.717) is 34.6 Å². The monoisotopic (exact) mass is 439 g/mol. The quantitative estimate of drug-likeness (QED) is 0.386. The molecule has 0 spiro atoms. The number of para-hydroxylation sites is 1. The van der Waals surface area contributed by atoms with Gasteiger partial charge in [-0.15, -0.1) is 0 Å². The fourth-order valence-corrected chi connectivity index (χ4v) is 4.39. The van der Waals surface area contributed by atoms with Gasteiger partial charge in [0.05, 0.1) is 23.6 Å². The smallest absolute Gasteiger partial charge is 0.295 e. The van der Waals surface area contributed by atoms with E-state index >= 15 is 0 Å². The molecule has 5 rings (SSSR count). The first-order chi connectivity index (χ1) is 16.0. The summed E-state index contributed by atoms with van der Waals surface area (Å²) in [5, 5.41) is 0.489. The number of aryl methyl sites for hydroxylation is 2. The molecule has 0 aliphatic carbocycles. The molecule has 5 nitrogen and oxygen atoms in total. The number of fused-ring (bicyclic) bond motifs is 2. The summed E-state index contributed by atoms with van der Waals surface area (Å²) in [6.07, 6.45) is 0.888. The van der Waals surface area contributed by atoms with Gasteiger partial charge in [-0.2, -0.15) is 0 Å². The maximum atomic E-state index is 13.8. The SMILES string of the molecule is CCCOc1cccc(C2c3c(oc4cc(C)c(C)cc4c3=O)C(=O)N2c2ccccc2)c1. The molecule has 1 aliphatic heterocycles. The van der Waals surface area contributed by atoms with Crippen molar-refractivity contribution in [1.29, 1.82) is 0 Å². The minimum Gasteiger partial charge on any atom is -0.494 e. The number of hydrogen-bond acceptors (Lipinski definition) is 4. The van der Waals surface area contributed by atoms with Crippen LogP contribution in [0.25, 0.3) is 11.0 Å². The van der Waals surface area contributed by atoms with E-state index in [1.54, 1.807) is 4.90 Å². The molecule has 0 fully saturated rings. The van der Waals surface area contributed by atoms with E-state index in [4.69, 9.17) is 9.15 Å². The molecule has 166 valence electrons. The Labute approximate surface area is 192 Å². The molecular weight excluding hydrogens is 414 g/mol. The second kappa shape index (κ2) is 8.24. The van der Waals surface area contributed by atoms with Gasteiger partial charge in [0.15, 0.2) is 5.43 Å². The molecule has 0 N–H and O–H groups in total. The Morgan fingerprint density at radius 2 is 1.70 bits per heavy atom. The highest BCUT2D eigenvalue weighted by Gasteiger charge is 2.43. The van der Waals surface area contributed by atoms with Crippen LogP contribution >= 0.6 is 0 Å². The summed E-state index contributed by atoms with van der Waals surface area (Å²) in [7, 11) is 0. The van der Waals surface area contributed by atoms with Crippen molar-refractivity contribution >= 4 is 22.6 Å². The van der Waals surface area contributed by atoms with E-state index in [1.807, 2.05) is 87.5 Å². The average molecular weight is 440 g/mol. The number of anilines is 1. The van der Waals surface area contributed by atoms with Crippen molar-refractivity contribution in [1.82, 2.24) is 0 Å². The van der Waals surface area contributed by atoms with Gasteiger partial charge >= 0.3 is 0 Å². The number of carbonyl (C=O) groups is 1. The molecule has 0 saturated heterocycles. The molecule has 0 radical (unpaired) electrons. The molecule has 4 aromatic rings. The highest BCUT2D eigenvalue weighted by atomic mass is 16.5. The van der Waals surface area contributed by atoms with E-state index in [-0.39, 0.29) is 17.1 Å². The molecule has 3 aromatic carbocycles. The number of amides is 1. The second-order valence-electron chi connectivity index (χ2n) is 8.44. The summed E-state index contributed by atoms with van der Waals surface area (Å²) < 4.78 is 11.9. The number of hydrogen-bond donors (Lipinski definition) is 0. The van der Waals surface area contributed by atoms with Gasteiger partial charge in [-0.05, 0) is 73.4 Å². The number of benzene rings is 3. The van der Waals surface area contributed by atoms with Gasteiger partial charge in [0.2, 0.25) is 5.76 Å². The van der Waals surface area contributed by atoms with Crippen LogP contribution in [-0.2, 0) is 0 Å². The lowest BCUT2D eigenvalue weighted by molar-refractivity contribution is 0.0971. The highest BCUT2D eigenvalue weighted by molar-refractivity contribution is 6.10. The normalized spacial score (nSPS) is 15.2. The Morgan fingerprint density at radius 1 is 0.939 bits per heavy atom. The molecule has 1 unspecified atom stereocenters. The maximum absolute atomic E-state index is 13.8. The predicted octanol–water partition coefficient (Wildman–Crippen LogP) is 5.95. The summed E-state index contributed by atoms with van der Waals surface area (Å²) in [6.45, 7) is 6.57. The summed E-state index contributed by atoms with van der Waals surface area (Å²) >= 11 is 0. The lowest BCUT2D eigenvalue weighted by Crippen LogP contribution is -2.29. The molecule has 2 heterocycles. The van der Waals surface area contributed by atoms with E-state index in [9.17, 15) is 9.59 Å². The van der Waals surface area contributed by atoms with E-state index in [0.717, 1.165) is 23.1 Å². The molecule has 1 aliphatic rings. The van der Waals surface area contributed by atoms with Crippen molar-refractivity contribution in [3.05, 3.63) is 105 Å². The molecule has 1 amide bonds. The fourth-order valence-electron chi connectivity index (χ4n) is 4.39. The molecule has 5 heteroatoms. The third-order valence-electron chi connectivity index (χ3n) is 6.17. The minimum atomic E-state index is -0.609. The Morgan fingerprint density at radius 3 is 2.45 bits per heavy atom. The maximum Gasteiger partial charge on any atom is 0.295 e. The zero-order chi connectivity index (χ0) is 23.1. The van der Waals surface area contributed by atoms with Crippen LogP contribution in [0.1, 0.15) is 52.2 Å². The van der Waals surface area contributed by atoms with E-state index in [2.05, 4.69) is 0 Å². The fraction of sp³-hybridized carbons (Fsp3) is 0.214. The second-order valence-corrected chi connectivity index (χ2v) is 8.44. The Balaban J connectivity index is 1.77. The number of ether oxygens (including phenoxy) is 1. The highest BCUT2D eigenvalue weighted by Crippen LogP contribution is 2.42. The van der Waals surface area contributed by atoms with Gasteiger partial charge in [0, 0.05) is 5.69 Å². The first kappa shape index (κ1) is 21.0. The van der Waals surface area contributed by atoms with Crippen molar-refractivity contribution in [2.75, 3.05) is 11.5 Å². The van der Waals surface area contributed by atoms with Gasteiger partial charge < -0.3 is 9.15 Å².